The maximum Gasteiger partial charge on any atom is 0.244 e. The van der Waals surface area contributed by atoms with Crippen molar-refractivity contribution in [1.82, 2.24) is 10.2 Å². The van der Waals surface area contributed by atoms with Crippen LogP contribution in [-0.2, 0) is 26.2 Å². The van der Waals surface area contributed by atoms with Crippen LogP contribution in [0.5, 0.6) is 0 Å². The van der Waals surface area contributed by atoms with Gasteiger partial charge in [0.2, 0.25) is 21.8 Å². The second kappa shape index (κ2) is 10.1. The summed E-state index contributed by atoms with van der Waals surface area (Å²) in [7, 11) is -3.97. The van der Waals surface area contributed by atoms with Crippen LogP contribution in [0, 0.1) is 5.82 Å². The van der Waals surface area contributed by atoms with Crippen molar-refractivity contribution in [2.24, 2.45) is 0 Å². The van der Waals surface area contributed by atoms with E-state index in [1.54, 1.807) is 31.2 Å². The molecule has 2 amide bonds. The number of carbonyl (C=O) groups excluding carboxylic acids is 2. The Hall–Kier alpha value is -2.94. The first-order chi connectivity index (χ1) is 14.8. The third-order valence-electron chi connectivity index (χ3n) is 4.66. The number of halogens is 1. The number of para-hydroxylation sites is 1. The van der Waals surface area contributed by atoms with Gasteiger partial charge < -0.3 is 10.2 Å². The molecule has 0 aliphatic rings. The molecule has 1 unspecified atom stereocenters. The molecule has 0 bridgehead atoms. The summed E-state index contributed by atoms with van der Waals surface area (Å²) in [6, 6.07) is 13.5. The zero-order valence-corrected chi connectivity index (χ0v) is 19.8. The maximum atomic E-state index is 14.3. The first kappa shape index (κ1) is 25.3. The Balaban J connectivity index is 2.39. The Labute approximate surface area is 189 Å². The minimum absolute atomic E-state index is 0.0906. The lowest BCUT2D eigenvalue weighted by atomic mass is 10.1. The summed E-state index contributed by atoms with van der Waals surface area (Å²) in [6.07, 6.45) is 0.907. The third-order valence-corrected chi connectivity index (χ3v) is 5.79. The van der Waals surface area contributed by atoms with Gasteiger partial charge in [-0.1, -0.05) is 42.5 Å². The molecule has 0 spiro atoms. The topological polar surface area (TPSA) is 86.8 Å². The molecule has 0 heterocycles. The Morgan fingerprint density at radius 1 is 1.03 bits per heavy atom. The number of rotatable bonds is 8. The Morgan fingerprint density at radius 3 is 2.12 bits per heavy atom. The number of amides is 2. The molecule has 174 valence electrons. The van der Waals surface area contributed by atoms with E-state index in [4.69, 9.17) is 0 Å². The van der Waals surface area contributed by atoms with Gasteiger partial charge in [-0.3, -0.25) is 13.9 Å². The molecule has 9 heteroatoms. The number of carbonyl (C=O) groups is 2. The smallest absolute Gasteiger partial charge is 0.244 e. The lowest BCUT2D eigenvalue weighted by molar-refractivity contribution is -0.140. The summed E-state index contributed by atoms with van der Waals surface area (Å²) >= 11 is 0. The average molecular weight is 464 g/mol. The molecule has 7 nitrogen and oxygen atoms in total. The zero-order chi connectivity index (χ0) is 24.1. The lowest BCUT2D eigenvalue weighted by Gasteiger charge is -2.33. The van der Waals surface area contributed by atoms with Crippen LogP contribution in [0.3, 0.4) is 0 Å². The normalized spacial score (nSPS) is 12.7. The van der Waals surface area contributed by atoms with Gasteiger partial charge in [0.25, 0.3) is 0 Å². The predicted molar refractivity (Wildman–Crippen MR) is 123 cm³/mol. The van der Waals surface area contributed by atoms with E-state index in [2.05, 4.69) is 5.32 Å². The molecule has 0 aliphatic carbocycles. The van der Waals surface area contributed by atoms with Crippen LogP contribution in [-0.4, -0.2) is 49.5 Å². The maximum absolute atomic E-state index is 14.3. The first-order valence-electron chi connectivity index (χ1n) is 10.2. The Bertz CT molecular complexity index is 1050. The minimum Gasteiger partial charge on any atom is -0.350 e. The quantitative estimate of drug-likeness (QED) is 0.652. The van der Waals surface area contributed by atoms with Gasteiger partial charge in [-0.2, -0.15) is 0 Å². The van der Waals surface area contributed by atoms with E-state index in [0.29, 0.717) is 0 Å². The summed E-state index contributed by atoms with van der Waals surface area (Å²) in [4.78, 5) is 27.4. The zero-order valence-electron chi connectivity index (χ0n) is 19.0. The van der Waals surface area contributed by atoms with Crippen LogP contribution in [0.1, 0.15) is 33.3 Å². The van der Waals surface area contributed by atoms with Crippen LogP contribution in [0.15, 0.2) is 54.6 Å². The molecule has 1 atom stereocenters. The second-order valence-corrected chi connectivity index (χ2v) is 10.6. The summed E-state index contributed by atoms with van der Waals surface area (Å²) in [5.41, 5.74) is 0.0292. The van der Waals surface area contributed by atoms with E-state index in [-0.39, 0.29) is 18.1 Å². The van der Waals surface area contributed by atoms with Gasteiger partial charge in [-0.15, -0.1) is 0 Å². The van der Waals surface area contributed by atoms with Gasteiger partial charge in [0.15, 0.2) is 0 Å². The molecule has 0 saturated carbocycles. The monoisotopic (exact) mass is 463 g/mol. The standard InChI is InChI=1S/C23H30FN3O4S/c1-17(22(29)25-23(2,3)4)26(15-18-11-7-6-8-12-18)21(28)16-27(32(5,30)31)20-14-10-9-13-19(20)24/h6-14,17H,15-16H2,1-5H3,(H,25,29). The number of sulfonamides is 1. The van der Waals surface area contributed by atoms with Crippen LogP contribution < -0.4 is 9.62 Å². The molecule has 2 aromatic rings. The van der Waals surface area contributed by atoms with Gasteiger partial charge in [0.1, 0.15) is 18.4 Å². The van der Waals surface area contributed by atoms with Crippen molar-refractivity contribution in [2.45, 2.75) is 45.8 Å². The fraction of sp³-hybridized carbons (Fsp3) is 0.391. The van der Waals surface area contributed by atoms with E-state index < -0.39 is 39.9 Å². The Morgan fingerprint density at radius 2 is 1.59 bits per heavy atom. The van der Waals surface area contributed by atoms with Crippen LogP contribution >= 0.6 is 0 Å². The molecular formula is C23H30FN3O4S. The molecular weight excluding hydrogens is 433 g/mol. The van der Waals surface area contributed by atoms with Crippen LogP contribution in [0.4, 0.5) is 10.1 Å². The highest BCUT2D eigenvalue weighted by Crippen LogP contribution is 2.22. The molecule has 32 heavy (non-hydrogen) atoms. The van der Waals surface area contributed by atoms with E-state index in [9.17, 15) is 22.4 Å². The largest absolute Gasteiger partial charge is 0.350 e. The van der Waals surface area contributed by atoms with Gasteiger partial charge in [-0.25, -0.2) is 12.8 Å². The van der Waals surface area contributed by atoms with E-state index >= 15 is 0 Å². The molecule has 0 aliphatic heterocycles. The van der Waals surface area contributed by atoms with Crippen molar-refractivity contribution >= 4 is 27.5 Å². The molecule has 0 saturated heterocycles. The van der Waals surface area contributed by atoms with Crippen molar-refractivity contribution in [3.63, 3.8) is 0 Å². The van der Waals surface area contributed by atoms with Crippen molar-refractivity contribution in [3.05, 3.63) is 66.0 Å². The highest BCUT2D eigenvalue weighted by Gasteiger charge is 2.32. The minimum atomic E-state index is -3.97. The lowest BCUT2D eigenvalue weighted by Crippen LogP contribution is -2.54. The van der Waals surface area contributed by atoms with E-state index in [0.717, 1.165) is 22.2 Å². The summed E-state index contributed by atoms with van der Waals surface area (Å²) in [6.45, 7) is 6.50. The van der Waals surface area contributed by atoms with E-state index in [1.807, 2.05) is 26.8 Å². The van der Waals surface area contributed by atoms with Gasteiger partial charge in [-0.05, 0) is 45.4 Å². The fourth-order valence-corrected chi connectivity index (χ4v) is 3.94. The average Bonchev–Trinajstić information content (AvgIpc) is 2.69. The summed E-state index contributed by atoms with van der Waals surface area (Å²) in [5.74, 6) is -1.77. The second-order valence-electron chi connectivity index (χ2n) is 8.64. The predicted octanol–water partition coefficient (Wildman–Crippen LogP) is 2.92. The van der Waals surface area contributed by atoms with Crippen LogP contribution in [0.2, 0.25) is 0 Å². The Kier molecular flexibility index (Phi) is 8.01. The van der Waals surface area contributed by atoms with Crippen molar-refractivity contribution in [3.8, 4) is 0 Å². The molecule has 0 radical (unpaired) electrons. The fourth-order valence-electron chi connectivity index (χ4n) is 3.09. The molecule has 2 rings (SSSR count). The highest BCUT2D eigenvalue weighted by atomic mass is 32.2. The van der Waals surface area contributed by atoms with Gasteiger partial charge in [0, 0.05) is 12.1 Å². The number of nitrogens with zero attached hydrogens (tertiary/aromatic N) is 2. The molecule has 0 aromatic heterocycles. The molecule has 0 fully saturated rings. The highest BCUT2D eigenvalue weighted by molar-refractivity contribution is 7.92. The van der Waals surface area contributed by atoms with Crippen LogP contribution in [0.25, 0.3) is 0 Å². The molecule has 2 aromatic carbocycles. The van der Waals surface area contributed by atoms with Crippen molar-refractivity contribution < 1.29 is 22.4 Å². The summed E-state index contributed by atoms with van der Waals surface area (Å²) in [5, 5.41) is 2.84. The first-order valence-corrected chi connectivity index (χ1v) is 12.0. The van der Waals surface area contributed by atoms with Gasteiger partial charge >= 0.3 is 0 Å². The van der Waals surface area contributed by atoms with E-state index in [1.165, 1.54) is 23.1 Å². The number of anilines is 1. The summed E-state index contributed by atoms with van der Waals surface area (Å²) < 4.78 is 39.9. The SMILES string of the molecule is CC(C(=O)NC(C)(C)C)N(Cc1ccccc1)C(=O)CN(c1ccccc1F)S(C)(=O)=O. The number of hydrogen-bond donors (Lipinski definition) is 1. The van der Waals surface area contributed by atoms with Crippen molar-refractivity contribution in [1.29, 1.82) is 0 Å². The number of hydrogen-bond acceptors (Lipinski definition) is 4. The third kappa shape index (κ3) is 7.05. The number of benzene rings is 2. The molecule has 1 N–H and O–H groups in total. The van der Waals surface area contributed by atoms with Crippen molar-refractivity contribution in [2.75, 3.05) is 17.1 Å². The van der Waals surface area contributed by atoms with Gasteiger partial charge in [0.05, 0.1) is 11.9 Å². The number of nitrogens with one attached hydrogen (secondary N) is 1.